The van der Waals surface area contributed by atoms with Gasteiger partial charge in [0.25, 0.3) is 0 Å². The van der Waals surface area contributed by atoms with Gasteiger partial charge in [-0.25, -0.2) is 4.79 Å². The molecule has 19 heavy (non-hydrogen) atoms. The zero-order chi connectivity index (χ0) is 13.0. The first-order valence-corrected chi connectivity index (χ1v) is 6.66. The number of benzene rings is 1. The van der Waals surface area contributed by atoms with E-state index in [1.807, 2.05) is 35.2 Å². The Labute approximate surface area is 121 Å². The maximum atomic E-state index is 12.0. The molecule has 0 aromatic heterocycles. The highest BCUT2D eigenvalue weighted by molar-refractivity contribution is 5.85. The summed E-state index contributed by atoms with van der Waals surface area (Å²) in [6.07, 6.45) is 2.01. The van der Waals surface area contributed by atoms with Crippen LogP contribution in [-0.2, 0) is 11.3 Å². The van der Waals surface area contributed by atoms with Crippen LogP contribution in [0.1, 0.15) is 32.3 Å². The van der Waals surface area contributed by atoms with Crippen molar-refractivity contribution < 1.29 is 9.53 Å². The molecule has 106 valence electrons. The van der Waals surface area contributed by atoms with Gasteiger partial charge < -0.3 is 9.64 Å². The Balaban J connectivity index is 0.00000180. The molecule has 0 spiro atoms. The van der Waals surface area contributed by atoms with Crippen LogP contribution in [0.3, 0.4) is 0 Å². The van der Waals surface area contributed by atoms with E-state index in [-0.39, 0.29) is 18.5 Å². The number of amides is 1. The molecule has 1 aromatic rings. The van der Waals surface area contributed by atoms with Gasteiger partial charge in [-0.3, -0.25) is 0 Å². The van der Waals surface area contributed by atoms with E-state index in [0.29, 0.717) is 18.6 Å². The van der Waals surface area contributed by atoms with E-state index in [1.165, 1.54) is 0 Å². The lowest BCUT2D eigenvalue weighted by Crippen LogP contribution is -2.38. The number of carbonyl (C=O) groups is 1. The van der Waals surface area contributed by atoms with Crippen LogP contribution in [0.2, 0.25) is 0 Å². The molecule has 0 saturated carbocycles. The molecule has 2 rings (SSSR count). The molecule has 0 aliphatic carbocycles. The van der Waals surface area contributed by atoms with Crippen molar-refractivity contribution >= 4 is 18.5 Å². The smallest absolute Gasteiger partial charge is 0.410 e. The summed E-state index contributed by atoms with van der Waals surface area (Å²) in [5.41, 5.74) is 1.03. The highest BCUT2D eigenvalue weighted by Gasteiger charge is 2.31. The number of hydrogen-bond donors (Lipinski definition) is 0. The minimum Gasteiger partial charge on any atom is -0.445 e. The summed E-state index contributed by atoms with van der Waals surface area (Å²) >= 11 is 0. The fourth-order valence-corrected chi connectivity index (χ4v) is 2.51. The Morgan fingerprint density at radius 3 is 2.68 bits per heavy atom. The lowest BCUT2D eigenvalue weighted by Gasteiger charge is -2.26. The van der Waals surface area contributed by atoms with Crippen molar-refractivity contribution in [3.8, 4) is 0 Å². The van der Waals surface area contributed by atoms with E-state index < -0.39 is 0 Å². The van der Waals surface area contributed by atoms with Gasteiger partial charge in [-0.2, -0.15) is 0 Å². The second-order valence-electron chi connectivity index (χ2n) is 5.19. The number of likely N-dealkylation sites (tertiary alicyclic amines) is 1. The maximum absolute atomic E-state index is 12.0. The van der Waals surface area contributed by atoms with Crippen LogP contribution in [0.25, 0.3) is 0 Å². The van der Waals surface area contributed by atoms with Gasteiger partial charge in [0, 0.05) is 12.6 Å². The quantitative estimate of drug-likeness (QED) is 0.843. The van der Waals surface area contributed by atoms with Gasteiger partial charge in [0.15, 0.2) is 0 Å². The predicted molar refractivity (Wildman–Crippen MR) is 78.4 cm³/mol. The molecule has 3 nitrogen and oxygen atoms in total. The zero-order valence-electron chi connectivity index (χ0n) is 11.5. The van der Waals surface area contributed by atoms with Gasteiger partial charge in [-0.15, -0.1) is 12.4 Å². The minimum atomic E-state index is -0.171. The van der Waals surface area contributed by atoms with Crippen LogP contribution >= 0.6 is 12.4 Å². The number of nitrogens with zero attached hydrogens (tertiary/aromatic N) is 1. The fourth-order valence-electron chi connectivity index (χ4n) is 2.51. The largest absolute Gasteiger partial charge is 0.445 e. The molecule has 0 radical (unpaired) electrons. The van der Waals surface area contributed by atoms with Crippen molar-refractivity contribution in [3.63, 3.8) is 0 Å². The summed E-state index contributed by atoms with van der Waals surface area (Å²) in [5.74, 6) is 0.497. The summed E-state index contributed by atoms with van der Waals surface area (Å²) < 4.78 is 5.38. The van der Waals surface area contributed by atoms with Crippen LogP contribution in [0.4, 0.5) is 4.79 Å². The van der Waals surface area contributed by atoms with Gasteiger partial charge in [0.1, 0.15) is 6.61 Å². The Hall–Kier alpha value is -1.22. The fraction of sp³-hybridized carbons (Fsp3) is 0.533. The van der Waals surface area contributed by atoms with Crippen molar-refractivity contribution in [1.29, 1.82) is 0 Å². The molecule has 0 N–H and O–H groups in total. The second-order valence-corrected chi connectivity index (χ2v) is 5.19. The number of ether oxygens (including phenoxy) is 1. The SMILES string of the molecule is CC(C)C1CCCN1C(=O)OCc1ccccc1.Cl. The Morgan fingerprint density at radius 1 is 1.37 bits per heavy atom. The van der Waals surface area contributed by atoms with Gasteiger partial charge in [0.2, 0.25) is 0 Å². The Morgan fingerprint density at radius 2 is 2.05 bits per heavy atom. The molecule has 1 aliphatic heterocycles. The number of hydrogen-bond acceptors (Lipinski definition) is 2. The van der Waals surface area contributed by atoms with E-state index >= 15 is 0 Å². The lowest BCUT2D eigenvalue weighted by molar-refractivity contribution is 0.0848. The molecule has 1 aromatic carbocycles. The van der Waals surface area contributed by atoms with Crippen LogP contribution in [0.15, 0.2) is 30.3 Å². The molecule has 0 bridgehead atoms. The topological polar surface area (TPSA) is 29.5 Å². The molecule has 1 saturated heterocycles. The summed E-state index contributed by atoms with van der Waals surface area (Å²) in [4.78, 5) is 13.9. The van der Waals surface area contributed by atoms with E-state index in [1.54, 1.807) is 0 Å². The van der Waals surface area contributed by atoms with Gasteiger partial charge in [-0.1, -0.05) is 44.2 Å². The van der Waals surface area contributed by atoms with E-state index in [4.69, 9.17) is 4.74 Å². The minimum absolute atomic E-state index is 0. The van der Waals surface area contributed by atoms with E-state index in [9.17, 15) is 4.79 Å². The number of rotatable bonds is 3. The van der Waals surface area contributed by atoms with Crippen molar-refractivity contribution in [2.75, 3.05) is 6.54 Å². The first-order valence-electron chi connectivity index (χ1n) is 6.66. The third-order valence-corrected chi connectivity index (χ3v) is 3.51. The third-order valence-electron chi connectivity index (χ3n) is 3.51. The summed E-state index contributed by atoms with van der Waals surface area (Å²) in [5, 5.41) is 0. The van der Waals surface area contributed by atoms with Crippen molar-refractivity contribution in [2.45, 2.75) is 39.3 Å². The van der Waals surface area contributed by atoms with E-state index in [2.05, 4.69) is 13.8 Å². The van der Waals surface area contributed by atoms with Gasteiger partial charge in [0.05, 0.1) is 0 Å². The van der Waals surface area contributed by atoms with Crippen LogP contribution in [-0.4, -0.2) is 23.6 Å². The average Bonchev–Trinajstić information content (AvgIpc) is 2.86. The van der Waals surface area contributed by atoms with Crippen molar-refractivity contribution in [1.82, 2.24) is 4.90 Å². The molecule has 1 heterocycles. The monoisotopic (exact) mass is 283 g/mol. The molecule has 1 atom stereocenters. The van der Waals surface area contributed by atoms with Crippen molar-refractivity contribution in [3.05, 3.63) is 35.9 Å². The molecule has 1 unspecified atom stereocenters. The molecule has 1 aliphatic rings. The highest BCUT2D eigenvalue weighted by atomic mass is 35.5. The van der Waals surface area contributed by atoms with E-state index in [0.717, 1.165) is 24.9 Å². The number of halogens is 1. The molecule has 4 heteroatoms. The number of carbonyl (C=O) groups excluding carboxylic acids is 1. The van der Waals surface area contributed by atoms with Crippen molar-refractivity contribution in [2.24, 2.45) is 5.92 Å². The van der Waals surface area contributed by atoms with Crippen LogP contribution < -0.4 is 0 Å². The van der Waals surface area contributed by atoms with Gasteiger partial charge in [-0.05, 0) is 24.3 Å². The van der Waals surface area contributed by atoms with Crippen LogP contribution in [0.5, 0.6) is 0 Å². The average molecular weight is 284 g/mol. The summed E-state index contributed by atoms with van der Waals surface area (Å²) in [7, 11) is 0. The molecule has 1 amide bonds. The maximum Gasteiger partial charge on any atom is 0.410 e. The Kier molecular flexibility index (Phi) is 6.16. The standard InChI is InChI=1S/C15H21NO2.ClH/c1-12(2)14-9-6-10-16(14)15(17)18-11-13-7-4-3-5-8-13;/h3-5,7-8,12,14H,6,9-11H2,1-2H3;1H. The Bertz CT molecular complexity index is 394. The summed E-state index contributed by atoms with van der Waals surface area (Å²) in [6.45, 7) is 5.51. The second kappa shape index (κ2) is 7.39. The third kappa shape index (κ3) is 4.13. The molecular formula is C15H22ClNO2. The first kappa shape index (κ1) is 15.8. The zero-order valence-corrected chi connectivity index (χ0v) is 12.4. The molecule has 1 fully saturated rings. The predicted octanol–water partition coefficient (Wildman–Crippen LogP) is 3.87. The first-order chi connectivity index (χ1) is 8.68. The lowest BCUT2D eigenvalue weighted by atomic mass is 10.0. The highest BCUT2D eigenvalue weighted by Crippen LogP contribution is 2.24. The normalized spacial score (nSPS) is 18.3. The van der Waals surface area contributed by atoms with Gasteiger partial charge >= 0.3 is 6.09 Å². The summed E-state index contributed by atoms with van der Waals surface area (Å²) in [6, 6.07) is 10.1. The van der Waals surface area contributed by atoms with Crippen LogP contribution in [0, 0.1) is 5.92 Å². The molecular weight excluding hydrogens is 262 g/mol.